The van der Waals surface area contributed by atoms with Crippen molar-refractivity contribution in [2.75, 3.05) is 25.5 Å². The van der Waals surface area contributed by atoms with Crippen LogP contribution < -0.4 is 0 Å². The van der Waals surface area contributed by atoms with E-state index in [1.807, 2.05) is 4.90 Å². The molecule has 2 rings (SSSR count). The summed E-state index contributed by atoms with van der Waals surface area (Å²) in [6, 6.07) is 0. The van der Waals surface area contributed by atoms with E-state index in [-0.39, 0.29) is 5.60 Å². The molecule has 0 aromatic carbocycles. The molecule has 1 saturated carbocycles. The second kappa shape index (κ2) is 5.70. The van der Waals surface area contributed by atoms with Crippen LogP contribution in [-0.4, -0.2) is 41.9 Å². The first-order valence-electron chi connectivity index (χ1n) is 6.58. The number of hydrogen-bond acceptors (Lipinski definition) is 2. The monoisotopic (exact) mass is 303 g/mol. The third-order valence-corrected chi connectivity index (χ3v) is 5.27. The van der Waals surface area contributed by atoms with Gasteiger partial charge in [0, 0.05) is 25.5 Å². The molecule has 0 aromatic heterocycles. The van der Waals surface area contributed by atoms with E-state index < -0.39 is 0 Å². The Bertz CT molecular complexity index is 265. The molecule has 1 saturated heterocycles. The number of piperidine rings is 1. The molecule has 0 N–H and O–H groups in total. The summed E-state index contributed by atoms with van der Waals surface area (Å²) in [5, 5.41) is 1.07. The maximum Gasteiger partial charge on any atom is 0.225 e. The number of carbonyl (C=O) groups is 1. The molecule has 0 atom stereocenters. The summed E-state index contributed by atoms with van der Waals surface area (Å²) in [7, 11) is 1.74. The van der Waals surface area contributed by atoms with Crippen molar-refractivity contribution in [2.45, 2.75) is 44.1 Å². The molecule has 2 aliphatic rings. The molecular weight excluding hydrogens is 282 g/mol. The van der Waals surface area contributed by atoms with E-state index in [9.17, 15) is 4.79 Å². The third kappa shape index (κ3) is 3.02. The molecule has 1 aliphatic heterocycles. The van der Waals surface area contributed by atoms with Gasteiger partial charge in [-0.25, -0.2) is 0 Å². The van der Waals surface area contributed by atoms with E-state index in [4.69, 9.17) is 4.74 Å². The molecule has 1 heterocycles. The van der Waals surface area contributed by atoms with Crippen molar-refractivity contribution in [3.8, 4) is 0 Å². The van der Waals surface area contributed by atoms with Crippen LogP contribution in [0.3, 0.4) is 0 Å². The largest absolute Gasteiger partial charge is 0.378 e. The Labute approximate surface area is 112 Å². The summed E-state index contributed by atoms with van der Waals surface area (Å²) in [5.41, 5.74) is -0.122. The lowest BCUT2D eigenvalue weighted by Crippen LogP contribution is -2.47. The average molecular weight is 304 g/mol. The lowest BCUT2D eigenvalue weighted by atomic mass is 9.77. The van der Waals surface area contributed by atoms with Crippen LogP contribution in [0.2, 0.25) is 0 Å². The first kappa shape index (κ1) is 13.3. The highest BCUT2D eigenvalue weighted by atomic mass is 79.9. The number of halogens is 1. The van der Waals surface area contributed by atoms with E-state index >= 15 is 0 Å². The molecular formula is C13H22BrNO2. The average Bonchev–Trinajstić information content (AvgIpc) is 2.33. The van der Waals surface area contributed by atoms with Gasteiger partial charge in [-0.05, 0) is 38.0 Å². The number of alkyl halides is 1. The van der Waals surface area contributed by atoms with E-state index in [1.54, 1.807) is 7.11 Å². The third-order valence-electron chi connectivity index (χ3n) is 4.36. The van der Waals surface area contributed by atoms with Crippen molar-refractivity contribution >= 4 is 21.8 Å². The predicted octanol–water partition coefficient (Wildman–Crippen LogP) is 2.58. The number of amides is 1. The van der Waals surface area contributed by atoms with Crippen molar-refractivity contribution in [2.24, 2.45) is 5.92 Å². The second-order valence-corrected chi connectivity index (χ2v) is 6.04. The van der Waals surface area contributed by atoms with Gasteiger partial charge in [0.05, 0.1) is 12.0 Å². The Morgan fingerprint density at radius 3 is 2.47 bits per heavy atom. The Balaban J connectivity index is 1.80. The fraction of sp³-hybridized carbons (Fsp3) is 0.923. The first-order valence-corrected chi connectivity index (χ1v) is 7.70. The number of rotatable bonds is 4. The normalized spacial score (nSPS) is 24.5. The molecule has 0 aromatic rings. The predicted molar refractivity (Wildman–Crippen MR) is 71.3 cm³/mol. The first-order chi connectivity index (χ1) is 8.19. The van der Waals surface area contributed by atoms with Gasteiger partial charge in [-0.3, -0.25) is 4.79 Å². The van der Waals surface area contributed by atoms with Gasteiger partial charge >= 0.3 is 0 Å². The minimum Gasteiger partial charge on any atom is -0.378 e. The van der Waals surface area contributed by atoms with Crippen molar-refractivity contribution in [1.29, 1.82) is 0 Å². The van der Waals surface area contributed by atoms with Crippen molar-refractivity contribution in [3.63, 3.8) is 0 Å². The summed E-state index contributed by atoms with van der Waals surface area (Å²) in [4.78, 5) is 14.2. The molecule has 0 bridgehead atoms. The van der Waals surface area contributed by atoms with Crippen LogP contribution in [0.1, 0.15) is 38.5 Å². The maximum atomic E-state index is 12.2. The Morgan fingerprint density at radius 2 is 2.06 bits per heavy atom. The minimum absolute atomic E-state index is 0.122. The topological polar surface area (TPSA) is 29.5 Å². The quantitative estimate of drug-likeness (QED) is 0.747. The zero-order valence-electron chi connectivity index (χ0n) is 10.6. The zero-order chi connectivity index (χ0) is 12.3. The van der Waals surface area contributed by atoms with E-state index in [1.165, 1.54) is 6.42 Å². The van der Waals surface area contributed by atoms with Crippen LogP contribution in [0.15, 0.2) is 0 Å². The molecule has 1 amide bonds. The zero-order valence-corrected chi connectivity index (χ0v) is 12.2. The molecule has 4 heteroatoms. The van der Waals surface area contributed by atoms with Crippen molar-refractivity contribution in [3.05, 3.63) is 0 Å². The minimum atomic E-state index is -0.122. The van der Waals surface area contributed by atoms with Gasteiger partial charge in [-0.2, -0.15) is 0 Å². The van der Waals surface area contributed by atoms with Crippen LogP contribution in [0, 0.1) is 5.92 Å². The van der Waals surface area contributed by atoms with Crippen molar-refractivity contribution < 1.29 is 9.53 Å². The Hall–Kier alpha value is -0.0900. The van der Waals surface area contributed by atoms with Crippen molar-refractivity contribution in [1.82, 2.24) is 4.90 Å². The fourth-order valence-electron chi connectivity index (χ4n) is 2.75. The molecule has 17 heavy (non-hydrogen) atoms. The molecule has 0 unspecified atom stereocenters. The smallest absolute Gasteiger partial charge is 0.225 e. The van der Waals surface area contributed by atoms with Crippen LogP contribution in [0.5, 0.6) is 0 Å². The number of hydrogen-bond donors (Lipinski definition) is 0. The fourth-order valence-corrected chi connectivity index (χ4v) is 3.40. The number of likely N-dealkylation sites (tertiary alicyclic amines) is 1. The Morgan fingerprint density at radius 1 is 1.41 bits per heavy atom. The SMILES string of the molecule is COC1(CC(=O)N2CCC(CBr)CC2)CCC1. The van der Waals surface area contributed by atoms with Gasteiger partial charge in [0.2, 0.25) is 5.91 Å². The van der Waals surface area contributed by atoms with Gasteiger partial charge in [-0.1, -0.05) is 15.9 Å². The van der Waals surface area contributed by atoms with Gasteiger partial charge < -0.3 is 9.64 Å². The Kier molecular flexibility index (Phi) is 4.47. The lowest BCUT2D eigenvalue weighted by Gasteiger charge is -2.42. The number of nitrogens with zero attached hydrogens (tertiary/aromatic N) is 1. The number of methoxy groups -OCH3 is 1. The summed E-state index contributed by atoms with van der Waals surface area (Å²) < 4.78 is 5.52. The van der Waals surface area contributed by atoms with E-state index in [0.717, 1.165) is 50.0 Å². The number of carbonyl (C=O) groups excluding carboxylic acids is 1. The second-order valence-electron chi connectivity index (χ2n) is 5.40. The molecule has 0 radical (unpaired) electrons. The number of ether oxygens (including phenoxy) is 1. The van der Waals surface area contributed by atoms with Gasteiger partial charge in [0.15, 0.2) is 0 Å². The van der Waals surface area contributed by atoms with Gasteiger partial charge in [-0.15, -0.1) is 0 Å². The van der Waals surface area contributed by atoms with E-state index in [2.05, 4.69) is 15.9 Å². The van der Waals surface area contributed by atoms with Crippen LogP contribution in [0.25, 0.3) is 0 Å². The molecule has 3 nitrogen and oxygen atoms in total. The highest BCUT2D eigenvalue weighted by Gasteiger charge is 2.40. The van der Waals surface area contributed by atoms with Gasteiger partial charge in [0.25, 0.3) is 0 Å². The van der Waals surface area contributed by atoms with Crippen LogP contribution in [-0.2, 0) is 9.53 Å². The lowest BCUT2D eigenvalue weighted by molar-refractivity contribution is -0.145. The summed E-state index contributed by atoms with van der Waals surface area (Å²) in [6.45, 7) is 1.85. The highest BCUT2D eigenvalue weighted by Crippen LogP contribution is 2.38. The van der Waals surface area contributed by atoms with Crippen LogP contribution in [0.4, 0.5) is 0 Å². The maximum absolute atomic E-state index is 12.2. The molecule has 2 fully saturated rings. The summed E-state index contributed by atoms with van der Waals surface area (Å²) in [5.74, 6) is 1.04. The molecule has 1 aliphatic carbocycles. The molecule has 0 spiro atoms. The van der Waals surface area contributed by atoms with Crippen LogP contribution >= 0.6 is 15.9 Å². The van der Waals surface area contributed by atoms with Gasteiger partial charge in [0.1, 0.15) is 0 Å². The molecule has 98 valence electrons. The summed E-state index contributed by atoms with van der Waals surface area (Å²) >= 11 is 3.52. The summed E-state index contributed by atoms with van der Waals surface area (Å²) in [6.07, 6.45) is 6.16. The standard InChI is InChI=1S/C13H22BrNO2/c1-17-13(5-2-6-13)9-12(16)15-7-3-11(10-14)4-8-15/h11H,2-10H2,1H3. The highest BCUT2D eigenvalue weighted by molar-refractivity contribution is 9.09. The van der Waals surface area contributed by atoms with E-state index in [0.29, 0.717) is 12.3 Å².